The predicted octanol–water partition coefficient (Wildman–Crippen LogP) is 5.16. The van der Waals surface area contributed by atoms with Gasteiger partial charge in [-0.2, -0.15) is 0 Å². The summed E-state index contributed by atoms with van der Waals surface area (Å²) in [6.07, 6.45) is 0. The molecule has 0 fully saturated rings. The molecule has 0 aliphatic heterocycles. The van der Waals surface area contributed by atoms with Gasteiger partial charge in [-0.3, -0.25) is 10.1 Å². The molecule has 0 saturated heterocycles. The normalized spacial score (nSPS) is 12.8. The van der Waals surface area contributed by atoms with E-state index in [0.717, 1.165) is 11.1 Å². The number of benzene rings is 3. The first-order chi connectivity index (χ1) is 13.3. The molecule has 5 nitrogen and oxygen atoms in total. The maximum atomic E-state index is 13.4. The van der Waals surface area contributed by atoms with Crippen molar-refractivity contribution in [1.29, 1.82) is 0 Å². The van der Waals surface area contributed by atoms with E-state index in [2.05, 4.69) is 0 Å². The monoisotopic (exact) mass is 379 g/mol. The topological polar surface area (TPSA) is 69.4 Å². The minimum atomic E-state index is -1.17. The Morgan fingerprint density at radius 1 is 0.929 bits per heavy atom. The summed E-state index contributed by atoms with van der Waals surface area (Å²) >= 11 is 0. The smallest absolute Gasteiger partial charge is 0.339 e. The third-order valence-corrected chi connectivity index (χ3v) is 4.61. The zero-order chi connectivity index (χ0) is 20.3. The molecule has 0 aromatic heterocycles. The fraction of sp³-hybridized carbons (Fsp3) is 0.136. The summed E-state index contributed by atoms with van der Waals surface area (Å²) in [4.78, 5) is 23.0. The zero-order valence-electron chi connectivity index (χ0n) is 15.4. The number of hydrogen-bond donors (Lipinski definition) is 0. The van der Waals surface area contributed by atoms with Crippen LogP contribution in [0.1, 0.15) is 34.0 Å². The zero-order valence-corrected chi connectivity index (χ0v) is 15.4. The van der Waals surface area contributed by atoms with Crippen LogP contribution in [0.3, 0.4) is 0 Å². The van der Waals surface area contributed by atoms with E-state index < -0.39 is 22.3 Å². The van der Waals surface area contributed by atoms with Gasteiger partial charge in [0.1, 0.15) is 5.82 Å². The molecule has 28 heavy (non-hydrogen) atoms. The third kappa shape index (κ3) is 3.91. The summed E-state index contributed by atoms with van der Waals surface area (Å²) in [6, 6.07) is 18.4. The van der Waals surface area contributed by atoms with Gasteiger partial charge in [-0.05, 0) is 49.2 Å². The van der Waals surface area contributed by atoms with Crippen molar-refractivity contribution in [3.63, 3.8) is 0 Å². The SMILES string of the molecule is Cc1ccc(C(C)(OC(=O)c2ccc([N+](=O)[O-])cc2)c2ccc(F)cc2)cc1. The van der Waals surface area contributed by atoms with Gasteiger partial charge in [-0.15, -0.1) is 0 Å². The number of nitro groups is 1. The van der Waals surface area contributed by atoms with Crippen LogP contribution in [-0.2, 0) is 10.3 Å². The summed E-state index contributed by atoms with van der Waals surface area (Å²) in [5.74, 6) is -1.03. The summed E-state index contributed by atoms with van der Waals surface area (Å²) in [5.41, 5.74) is 1.28. The van der Waals surface area contributed by atoms with Crippen LogP contribution in [0.4, 0.5) is 10.1 Å². The van der Waals surface area contributed by atoms with Crippen molar-refractivity contribution in [1.82, 2.24) is 0 Å². The van der Waals surface area contributed by atoms with Crippen LogP contribution in [0.2, 0.25) is 0 Å². The van der Waals surface area contributed by atoms with Crippen LogP contribution in [0.5, 0.6) is 0 Å². The van der Waals surface area contributed by atoms with Crippen LogP contribution >= 0.6 is 0 Å². The van der Waals surface area contributed by atoms with Crippen molar-refractivity contribution in [2.24, 2.45) is 0 Å². The molecule has 0 aliphatic rings. The highest BCUT2D eigenvalue weighted by Gasteiger charge is 2.34. The number of nitro benzene ring substituents is 1. The summed E-state index contributed by atoms with van der Waals surface area (Å²) in [5, 5.41) is 10.8. The van der Waals surface area contributed by atoms with Crippen molar-refractivity contribution < 1.29 is 18.8 Å². The molecule has 0 radical (unpaired) electrons. The number of halogens is 1. The third-order valence-electron chi connectivity index (χ3n) is 4.61. The first-order valence-corrected chi connectivity index (χ1v) is 8.60. The lowest BCUT2D eigenvalue weighted by Gasteiger charge is -2.31. The fourth-order valence-corrected chi connectivity index (χ4v) is 2.89. The molecule has 0 N–H and O–H groups in total. The molecule has 0 aliphatic carbocycles. The molecule has 1 unspecified atom stereocenters. The number of rotatable bonds is 5. The molecule has 6 heteroatoms. The summed E-state index contributed by atoms with van der Waals surface area (Å²) in [7, 11) is 0. The van der Waals surface area contributed by atoms with E-state index in [0.29, 0.717) is 5.56 Å². The number of esters is 1. The molecule has 142 valence electrons. The molecule has 1 atom stereocenters. The van der Waals surface area contributed by atoms with Gasteiger partial charge in [0, 0.05) is 12.1 Å². The lowest BCUT2D eigenvalue weighted by atomic mass is 9.87. The second-order valence-electron chi connectivity index (χ2n) is 6.60. The van der Waals surface area contributed by atoms with Gasteiger partial charge < -0.3 is 4.74 Å². The number of hydrogen-bond acceptors (Lipinski definition) is 4. The number of non-ortho nitro benzene ring substituents is 1. The molecule has 0 bridgehead atoms. The van der Waals surface area contributed by atoms with Gasteiger partial charge in [0.2, 0.25) is 0 Å². The number of ether oxygens (including phenoxy) is 1. The lowest BCUT2D eigenvalue weighted by molar-refractivity contribution is -0.384. The van der Waals surface area contributed by atoms with Crippen molar-refractivity contribution in [2.45, 2.75) is 19.4 Å². The molecule has 3 aromatic carbocycles. The van der Waals surface area contributed by atoms with Crippen LogP contribution in [0.25, 0.3) is 0 Å². The molecular formula is C22H18FNO4. The Labute approximate surface area is 161 Å². The first kappa shape index (κ1) is 19.2. The largest absolute Gasteiger partial charge is 0.446 e. The van der Waals surface area contributed by atoms with Gasteiger partial charge in [-0.25, -0.2) is 9.18 Å². The number of carbonyl (C=O) groups is 1. The van der Waals surface area contributed by atoms with Crippen LogP contribution in [-0.4, -0.2) is 10.9 Å². The lowest BCUT2D eigenvalue weighted by Crippen LogP contribution is -2.30. The van der Waals surface area contributed by atoms with Crippen molar-refractivity contribution in [2.75, 3.05) is 0 Å². The maximum Gasteiger partial charge on any atom is 0.339 e. The van der Waals surface area contributed by atoms with Gasteiger partial charge in [0.15, 0.2) is 5.60 Å². The molecule has 0 spiro atoms. The fourth-order valence-electron chi connectivity index (χ4n) is 2.89. The second-order valence-corrected chi connectivity index (χ2v) is 6.60. The quantitative estimate of drug-likeness (QED) is 0.349. The second kappa shape index (κ2) is 7.60. The average molecular weight is 379 g/mol. The van der Waals surface area contributed by atoms with E-state index in [9.17, 15) is 19.3 Å². The predicted molar refractivity (Wildman–Crippen MR) is 103 cm³/mol. The first-order valence-electron chi connectivity index (χ1n) is 8.60. The van der Waals surface area contributed by atoms with E-state index in [4.69, 9.17) is 4.74 Å². The number of aryl methyl sites for hydroxylation is 1. The van der Waals surface area contributed by atoms with Crippen molar-refractivity contribution in [3.8, 4) is 0 Å². The Balaban J connectivity index is 1.99. The van der Waals surface area contributed by atoms with Crippen molar-refractivity contribution in [3.05, 3.63) is 111 Å². The molecule has 0 saturated carbocycles. The van der Waals surface area contributed by atoms with Gasteiger partial charge >= 0.3 is 5.97 Å². The Bertz CT molecular complexity index is 951. The molecule has 3 rings (SSSR count). The molecule has 0 heterocycles. The summed E-state index contributed by atoms with van der Waals surface area (Å²) < 4.78 is 19.2. The number of nitrogens with zero attached hydrogens (tertiary/aromatic N) is 1. The van der Waals surface area contributed by atoms with Gasteiger partial charge in [0.05, 0.1) is 10.5 Å². The van der Waals surface area contributed by atoms with E-state index in [-0.39, 0.29) is 11.3 Å². The molecule has 3 aromatic rings. The van der Waals surface area contributed by atoms with E-state index in [1.807, 2.05) is 31.2 Å². The maximum absolute atomic E-state index is 13.4. The van der Waals surface area contributed by atoms with Gasteiger partial charge in [-0.1, -0.05) is 42.0 Å². The van der Waals surface area contributed by atoms with Crippen LogP contribution in [0, 0.1) is 22.9 Å². The Hall–Kier alpha value is -3.54. The number of carbonyl (C=O) groups excluding carboxylic acids is 1. The van der Waals surface area contributed by atoms with Crippen LogP contribution in [0.15, 0.2) is 72.8 Å². The minimum absolute atomic E-state index is 0.114. The Kier molecular flexibility index (Phi) is 5.22. The van der Waals surface area contributed by atoms with E-state index in [1.54, 1.807) is 19.1 Å². The highest BCUT2D eigenvalue weighted by atomic mass is 19.1. The molecule has 0 amide bonds. The van der Waals surface area contributed by atoms with E-state index in [1.165, 1.54) is 36.4 Å². The highest BCUT2D eigenvalue weighted by Crippen LogP contribution is 2.34. The molecular weight excluding hydrogens is 361 g/mol. The average Bonchev–Trinajstić information content (AvgIpc) is 2.68. The Morgan fingerprint density at radius 2 is 1.43 bits per heavy atom. The Morgan fingerprint density at radius 3 is 1.93 bits per heavy atom. The van der Waals surface area contributed by atoms with Gasteiger partial charge in [0.25, 0.3) is 5.69 Å². The van der Waals surface area contributed by atoms with Crippen LogP contribution < -0.4 is 0 Å². The van der Waals surface area contributed by atoms with E-state index >= 15 is 0 Å². The highest BCUT2D eigenvalue weighted by molar-refractivity contribution is 5.90. The summed E-state index contributed by atoms with van der Waals surface area (Å²) in [6.45, 7) is 3.68. The van der Waals surface area contributed by atoms with Crippen molar-refractivity contribution >= 4 is 11.7 Å². The standard InChI is InChI=1S/C22H18FNO4/c1-15-3-7-17(8-4-15)22(2,18-9-11-19(23)12-10-18)28-21(25)16-5-13-20(14-6-16)24(26)27/h3-14H,1-2H3. The minimum Gasteiger partial charge on any atom is -0.446 e.